The zero-order chi connectivity index (χ0) is 15.8. The molecule has 0 spiro atoms. The molecule has 4 aromatic rings. The maximum absolute atomic E-state index is 11.3. The van der Waals surface area contributed by atoms with Gasteiger partial charge in [0.15, 0.2) is 5.69 Å². The van der Waals surface area contributed by atoms with Crippen LogP contribution in [0.25, 0.3) is 27.8 Å². The van der Waals surface area contributed by atoms with Gasteiger partial charge in [0, 0.05) is 22.7 Å². The van der Waals surface area contributed by atoms with Gasteiger partial charge in [-0.15, -0.1) is 0 Å². The van der Waals surface area contributed by atoms with Gasteiger partial charge in [-0.1, -0.05) is 36.4 Å². The molecule has 0 aliphatic carbocycles. The van der Waals surface area contributed by atoms with Crippen LogP contribution in [0.3, 0.4) is 0 Å². The standard InChI is InChI=1S/C18H13N3O2/c22-18(23)16-10-17(21(20-16)12-6-2-1-3-7-12)14-11-19-15-9-5-4-8-13(14)15/h1-11,19H,(H,22,23). The largest absolute Gasteiger partial charge is 0.476 e. The van der Waals surface area contributed by atoms with Crippen LogP contribution in [0.2, 0.25) is 0 Å². The van der Waals surface area contributed by atoms with Crippen molar-refractivity contribution in [3.63, 3.8) is 0 Å². The van der Waals surface area contributed by atoms with E-state index in [9.17, 15) is 9.90 Å². The first kappa shape index (κ1) is 13.3. The minimum Gasteiger partial charge on any atom is -0.476 e. The highest BCUT2D eigenvalue weighted by atomic mass is 16.4. The second kappa shape index (κ2) is 5.14. The van der Waals surface area contributed by atoms with Gasteiger partial charge in [0.05, 0.1) is 11.4 Å². The molecule has 0 aliphatic rings. The fraction of sp³-hybridized carbons (Fsp3) is 0. The van der Waals surface area contributed by atoms with Crippen molar-refractivity contribution in [2.45, 2.75) is 0 Å². The number of fused-ring (bicyclic) bond motifs is 1. The smallest absolute Gasteiger partial charge is 0.356 e. The van der Waals surface area contributed by atoms with Crippen molar-refractivity contribution in [2.24, 2.45) is 0 Å². The number of H-pyrrole nitrogens is 1. The number of hydrogen-bond donors (Lipinski definition) is 2. The third-order valence-electron chi connectivity index (χ3n) is 3.79. The fourth-order valence-electron chi connectivity index (χ4n) is 2.73. The Labute approximate surface area is 131 Å². The van der Waals surface area contributed by atoms with E-state index in [0.717, 1.165) is 27.8 Å². The summed E-state index contributed by atoms with van der Waals surface area (Å²) in [5.41, 5.74) is 3.50. The van der Waals surface area contributed by atoms with Crippen molar-refractivity contribution in [3.05, 3.63) is 72.6 Å². The molecule has 0 radical (unpaired) electrons. The molecule has 0 aliphatic heterocycles. The van der Waals surface area contributed by atoms with Gasteiger partial charge in [-0.05, 0) is 24.3 Å². The zero-order valence-corrected chi connectivity index (χ0v) is 12.1. The molecule has 0 unspecified atom stereocenters. The summed E-state index contributed by atoms with van der Waals surface area (Å²) >= 11 is 0. The lowest BCUT2D eigenvalue weighted by Gasteiger charge is -2.06. The van der Waals surface area contributed by atoms with Crippen LogP contribution in [0.1, 0.15) is 10.5 Å². The summed E-state index contributed by atoms with van der Waals surface area (Å²) in [6.07, 6.45) is 1.88. The van der Waals surface area contributed by atoms with Crippen molar-refractivity contribution >= 4 is 16.9 Å². The predicted molar refractivity (Wildman–Crippen MR) is 87.8 cm³/mol. The van der Waals surface area contributed by atoms with E-state index in [1.165, 1.54) is 0 Å². The van der Waals surface area contributed by atoms with Crippen LogP contribution in [0, 0.1) is 0 Å². The van der Waals surface area contributed by atoms with Gasteiger partial charge in [0.2, 0.25) is 0 Å². The Morgan fingerprint density at radius 1 is 1.04 bits per heavy atom. The number of aromatic amines is 1. The Bertz CT molecular complexity index is 999. The SMILES string of the molecule is O=C(O)c1cc(-c2c[nH]c3ccccc23)n(-c2ccccc2)n1. The van der Waals surface area contributed by atoms with Crippen molar-refractivity contribution in [2.75, 3.05) is 0 Å². The van der Waals surface area contributed by atoms with Gasteiger partial charge in [-0.25, -0.2) is 9.48 Å². The number of nitrogens with zero attached hydrogens (tertiary/aromatic N) is 2. The van der Waals surface area contributed by atoms with E-state index in [1.807, 2.05) is 60.8 Å². The van der Waals surface area contributed by atoms with Crippen LogP contribution in [0.4, 0.5) is 0 Å². The van der Waals surface area contributed by atoms with Crippen LogP contribution >= 0.6 is 0 Å². The number of carboxylic acids is 1. The molecule has 0 fully saturated rings. The second-order valence-corrected chi connectivity index (χ2v) is 5.22. The van der Waals surface area contributed by atoms with Crippen molar-refractivity contribution < 1.29 is 9.90 Å². The summed E-state index contributed by atoms with van der Waals surface area (Å²) in [5.74, 6) is -1.04. The number of carbonyl (C=O) groups is 1. The summed E-state index contributed by atoms with van der Waals surface area (Å²) in [6.45, 7) is 0. The van der Waals surface area contributed by atoms with Gasteiger partial charge >= 0.3 is 5.97 Å². The number of aromatic nitrogens is 3. The molecule has 2 N–H and O–H groups in total. The lowest BCUT2D eigenvalue weighted by molar-refractivity contribution is 0.0690. The first-order chi connectivity index (χ1) is 11.2. The summed E-state index contributed by atoms with van der Waals surface area (Å²) in [4.78, 5) is 14.6. The molecular formula is C18H13N3O2. The molecule has 0 saturated carbocycles. The highest BCUT2D eigenvalue weighted by Crippen LogP contribution is 2.30. The molecule has 2 aromatic heterocycles. The van der Waals surface area contributed by atoms with E-state index in [0.29, 0.717) is 0 Å². The molecule has 5 nitrogen and oxygen atoms in total. The predicted octanol–water partition coefficient (Wildman–Crippen LogP) is 3.72. The maximum atomic E-state index is 11.3. The van der Waals surface area contributed by atoms with Crippen molar-refractivity contribution in [1.29, 1.82) is 0 Å². The van der Waals surface area contributed by atoms with Crippen LogP contribution in [-0.4, -0.2) is 25.8 Å². The molecule has 2 aromatic carbocycles. The van der Waals surface area contributed by atoms with Gasteiger partial charge in [0.1, 0.15) is 0 Å². The molecular weight excluding hydrogens is 290 g/mol. The van der Waals surface area contributed by atoms with E-state index in [1.54, 1.807) is 10.7 Å². The molecule has 23 heavy (non-hydrogen) atoms. The Kier molecular flexibility index (Phi) is 2.98. The molecule has 0 atom stereocenters. The van der Waals surface area contributed by atoms with E-state index < -0.39 is 5.97 Å². The maximum Gasteiger partial charge on any atom is 0.356 e. The van der Waals surface area contributed by atoms with Crippen LogP contribution in [0.5, 0.6) is 0 Å². The quantitative estimate of drug-likeness (QED) is 0.606. The first-order valence-electron chi connectivity index (χ1n) is 7.19. The number of hydrogen-bond acceptors (Lipinski definition) is 2. The Morgan fingerprint density at radius 3 is 2.57 bits per heavy atom. The molecule has 5 heteroatoms. The lowest BCUT2D eigenvalue weighted by atomic mass is 10.1. The van der Waals surface area contributed by atoms with Gasteiger partial charge < -0.3 is 10.1 Å². The molecule has 0 saturated heterocycles. The average molecular weight is 303 g/mol. The normalized spacial score (nSPS) is 11.0. The molecule has 112 valence electrons. The van der Waals surface area contributed by atoms with E-state index in [-0.39, 0.29) is 5.69 Å². The second-order valence-electron chi connectivity index (χ2n) is 5.22. The van der Waals surface area contributed by atoms with Gasteiger partial charge in [-0.3, -0.25) is 0 Å². The fourth-order valence-corrected chi connectivity index (χ4v) is 2.73. The van der Waals surface area contributed by atoms with E-state index in [2.05, 4.69) is 10.1 Å². The topological polar surface area (TPSA) is 70.9 Å². The van der Waals surface area contributed by atoms with Crippen molar-refractivity contribution in [1.82, 2.24) is 14.8 Å². The summed E-state index contributed by atoms with van der Waals surface area (Å²) < 4.78 is 1.67. The molecule has 0 amide bonds. The number of rotatable bonds is 3. The Hall–Kier alpha value is -3.34. The number of aromatic carboxylic acids is 1. The minimum absolute atomic E-state index is 0.0223. The molecule has 0 bridgehead atoms. The first-order valence-corrected chi connectivity index (χ1v) is 7.19. The molecule has 4 rings (SSSR count). The minimum atomic E-state index is -1.04. The number of carboxylic acid groups (broad SMARTS) is 1. The van der Waals surface area contributed by atoms with Crippen LogP contribution in [-0.2, 0) is 0 Å². The Morgan fingerprint density at radius 2 is 1.78 bits per heavy atom. The summed E-state index contributed by atoms with van der Waals surface area (Å²) in [6, 6.07) is 19.0. The molecule has 2 heterocycles. The third kappa shape index (κ3) is 2.19. The monoisotopic (exact) mass is 303 g/mol. The number of benzene rings is 2. The summed E-state index contributed by atoms with van der Waals surface area (Å²) in [5, 5.41) is 14.6. The van der Waals surface area contributed by atoms with Gasteiger partial charge in [-0.2, -0.15) is 5.10 Å². The Balaban J connectivity index is 1.99. The highest BCUT2D eigenvalue weighted by Gasteiger charge is 2.18. The number of nitrogens with one attached hydrogen (secondary N) is 1. The van der Waals surface area contributed by atoms with Crippen LogP contribution < -0.4 is 0 Å². The highest BCUT2D eigenvalue weighted by molar-refractivity contribution is 5.96. The zero-order valence-electron chi connectivity index (χ0n) is 12.1. The summed E-state index contributed by atoms with van der Waals surface area (Å²) in [7, 11) is 0. The lowest BCUT2D eigenvalue weighted by Crippen LogP contribution is -2.02. The van der Waals surface area contributed by atoms with E-state index >= 15 is 0 Å². The van der Waals surface area contributed by atoms with Crippen LogP contribution in [0.15, 0.2) is 66.9 Å². The van der Waals surface area contributed by atoms with Crippen molar-refractivity contribution in [3.8, 4) is 16.9 Å². The number of para-hydroxylation sites is 2. The van der Waals surface area contributed by atoms with Gasteiger partial charge in [0.25, 0.3) is 0 Å². The van der Waals surface area contributed by atoms with E-state index in [4.69, 9.17) is 0 Å². The third-order valence-corrected chi connectivity index (χ3v) is 3.79. The average Bonchev–Trinajstić information content (AvgIpc) is 3.19.